The number of piperidine rings is 1. The minimum Gasteiger partial charge on any atom is -0.493 e. The van der Waals surface area contributed by atoms with Crippen molar-refractivity contribution in [3.05, 3.63) is 54.9 Å². The highest BCUT2D eigenvalue weighted by Crippen LogP contribution is 2.44. The van der Waals surface area contributed by atoms with E-state index in [0.29, 0.717) is 18.1 Å². The number of likely N-dealkylation sites (tertiary alicyclic amines) is 1. The third kappa shape index (κ3) is 6.53. The zero-order valence-corrected chi connectivity index (χ0v) is 24.8. The van der Waals surface area contributed by atoms with Crippen LogP contribution in [0.5, 0.6) is 11.5 Å². The number of likely N-dealkylation sites (N-methyl/N-ethyl adjacent to an activating group) is 1. The van der Waals surface area contributed by atoms with Crippen LogP contribution in [0.15, 0.2) is 59.3 Å². The lowest BCUT2D eigenvalue weighted by atomic mass is 9.99. The van der Waals surface area contributed by atoms with E-state index in [1.807, 2.05) is 36.4 Å². The van der Waals surface area contributed by atoms with E-state index in [4.69, 9.17) is 13.9 Å². The first-order valence-corrected chi connectivity index (χ1v) is 15.2. The van der Waals surface area contributed by atoms with Crippen molar-refractivity contribution in [3.63, 3.8) is 0 Å². The fourth-order valence-electron chi connectivity index (χ4n) is 5.95. The maximum absolute atomic E-state index is 6.48. The summed E-state index contributed by atoms with van der Waals surface area (Å²) >= 11 is 0. The molecule has 0 amide bonds. The largest absolute Gasteiger partial charge is 0.493 e. The molecule has 2 aliphatic heterocycles. The molecule has 42 heavy (non-hydrogen) atoms. The van der Waals surface area contributed by atoms with E-state index in [1.54, 1.807) is 13.4 Å². The highest BCUT2D eigenvalue weighted by molar-refractivity contribution is 6.05. The Labute approximate surface area is 248 Å². The van der Waals surface area contributed by atoms with Gasteiger partial charge < -0.3 is 24.1 Å². The van der Waals surface area contributed by atoms with E-state index in [9.17, 15) is 0 Å². The van der Waals surface area contributed by atoms with Gasteiger partial charge in [-0.3, -0.25) is 9.80 Å². The molecule has 6 rings (SSSR count). The summed E-state index contributed by atoms with van der Waals surface area (Å²) in [7, 11) is 3.86. The number of nitrogens with zero attached hydrogens (tertiary/aromatic N) is 5. The predicted octanol–water partition coefficient (Wildman–Crippen LogP) is 5.09. The number of nitrogens with one attached hydrogen (secondary N) is 1. The third-order valence-electron chi connectivity index (χ3n) is 8.41. The molecule has 9 nitrogen and oxygen atoms in total. The predicted molar refractivity (Wildman–Crippen MR) is 167 cm³/mol. The summed E-state index contributed by atoms with van der Waals surface area (Å²) in [6.07, 6.45) is 5.45. The van der Waals surface area contributed by atoms with Crippen LogP contribution in [0.3, 0.4) is 0 Å². The molecule has 2 aromatic carbocycles. The van der Waals surface area contributed by atoms with Gasteiger partial charge in [0.1, 0.15) is 24.5 Å². The fraction of sp³-hybridized carbons (Fsp3) is 0.455. The number of fused-ring (bicyclic) bond motifs is 1. The quantitative estimate of drug-likeness (QED) is 0.265. The number of aromatic nitrogens is 2. The number of ether oxygens (including phenoxy) is 2. The maximum Gasteiger partial charge on any atom is 0.232 e. The first-order valence-electron chi connectivity index (χ1n) is 15.2. The third-order valence-corrected chi connectivity index (χ3v) is 8.41. The molecule has 0 unspecified atom stereocenters. The van der Waals surface area contributed by atoms with Gasteiger partial charge in [-0.05, 0) is 56.7 Å². The van der Waals surface area contributed by atoms with E-state index in [2.05, 4.69) is 49.2 Å². The summed E-state index contributed by atoms with van der Waals surface area (Å²) < 4.78 is 18.4. The van der Waals surface area contributed by atoms with E-state index >= 15 is 0 Å². The maximum atomic E-state index is 6.48. The fourth-order valence-corrected chi connectivity index (χ4v) is 5.95. The van der Waals surface area contributed by atoms with Crippen molar-refractivity contribution < 1.29 is 13.9 Å². The van der Waals surface area contributed by atoms with Crippen LogP contribution in [-0.4, -0.2) is 104 Å². The van der Waals surface area contributed by atoms with Crippen molar-refractivity contribution in [2.24, 2.45) is 0 Å². The van der Waals surface area contributed by atoms with Crippen LogP contribution in [0.25, 0.3) is 33.6 Å². The van der Waals surface area contributed by atoms with Crippen molar-refractivity contribution in [3.8, 4) is 33.9 Å². The topological polar surface area (TPSA) is 79.1 Å². The zero-order chi connectivity index (χ0) is 28.7. The second-order valence-corrected chi connectivity index (χ2v) is 11.3. The van der Waals surface area contributed by atoms with Gasteiger partial charge in [0.25, 0.3) is 0 Å². The zero-order valence-electron chi connectivity index (χ0n) is 24.8. The Bertz CT molecular complexity index is 1450. The van der Waals surface area contributed by atoms with Gasteiger partial charge in [-0.25, -0.2) is 9.97 Å². The van der Waals surface area contributed by atoms with Gasteiger partial charge in [0.05, 0.1) is 12.5 Å². The Morgan fingerprint density at radius 3 is 2.40 bits per heavy atom. The van der Waals surface area contributed by atoms with Gasteiger partial charge in [-0.1, -0.05) is 36.8 Å². The first kappa shape index (κ1) is 28.5. The van der Waals surface area contributed by atoms with Gasteiger partial charge in [-0.15, -0.1) is 0 Å². The molecule has 2 saturated heterocycles. The summed E-state index contributed by atoms with van der Waals surface area (Å²) in [5.74, 6) is 2.94. The summed E-state index contributed by atoms with van der Waals surface area (Å²) in [5.41, 5.74) is 3.47. The van der Waals surface area contributed by atoms with Crippen molar-refractivity contribution >= 4 is 16.9 Å². The van der Waals surface area contributed by atoms with Crippen molar-refractivity contribution in [2.45, 2.75) is 19.3 Å². The Hall–Kier alpha value is -3.66. The molecule has 0 spiro atoms. The molecular formula is C33H42N6O3. The second kappa shape index (κ2) is 13.5. The van der Waals surface area contributed by atoms with Crippen molar-refractivity contribution in [1.29, 1.82) is 0 Å². The average Bonchev–Trinajstić information content (AvgIpc) is 3.44. The van der Waals surface area contributed by atoms with Gasteiger partial charge in [0.15, 0.2) is 11.5 Å². The van der Waals surface area contributed by atoms with Gasteiger partial charge in [0.2, 0.25) is 5.71 Å². The Morgan fingerprint density at radius 2 is 1.62 bits per heavy atom. The van der Waals surface area contributed by atoms with Crippen LogP contribution in [0.4, 0.5) is 5.82 Å². The molecule has 222 valence electrons. The first-order chi connectivity index (χ1) is 20.7. The average molecular weight is 571 g/mol. The number of hydrogen-bond donors (Lipinski definition) is 1. The standard InChI is InChI=1S/C33H42N6O3/c1-37-17-19-39(20-18-37)16-13-34-32-30-29(25-9-5-3-6-10-25)31(42-33(30)36-24-35-32)26-11-12-27(28(23-26)40-2)41-22-21-38-14-7-4-8-15-38/h3,5-6,9-12,23-24H,4,7-8,13-22H2,1-2H3,(H,34,35,36). The highest BCUT2D eigenvalue weighted by Gasteiger charge is 2.23. The summed E-state index contributed by atoms with van der Waals surface area (Å²) in [5, 5.41) is 4.47. The van der Waals surface area contributed by atoms with Crippen LogP contribution in [0.1, 0.15) is 19.3 Å². The number of piperazine rings is 1. The molecule has 9 heteroatoms. The van der Waals surface area contributed by atoms with E-state index in [1.165, 1.54) is 19.3 Å². The van der Waals surface area contributed by atoms with Gasteiger partial charge in [-0.2, -0.15) is 0 Å². The molecule has 0 bridgehead atoms. The molecule has 4 aromatic rings. The molecule has 0 aliphatic carbocycles. The number of furan rings is 1. The number of anilines is 1. The molecule has 2 aromatic heterocycles. The monoisotopic (exact) mass is 570 g/mol. The molecule has 0 saturated carbocycles. The van der Waals surface area contributed by atoms with Crippen molar-refractivity contribution in [2.75, 3.05) is 85.0 Å². The Morgan fingerprint density at radius 1 is 0.833 bits per heavy atom. The normalized spacial score (nSPS) is 17.0. The molecule has 2 fully saturated rings. The lowest BCUT2D eigenvalue weighted by Crippen LogP contribution is -2.45. The smallest absolute Gasteiger partial charge is 0.232 e. The SMILES string of the molecule is COc1cc(-c2oc3ncnc(NCCN4CCN(C)CC4)c3c2-c2ccccc2)ccc1OCCN1CCCCC1. The Balaban J connectivity index is 1.27. The van der Waals surface area contributed by atoms with Crippen molar-refractivity contribution in [1.82, 2.24) is 24.7 Å². The molecule has 4 heterocycles. The number of benzene rings is 2. The van der Waals surface area contributed by atoms with Crippen LogP contribution in [-0.2, 0) is 0 Å². The second-order valence-electron chi connectivity index (χ2n) is 11.3. The Kier molecular flexibility index (Phi) is 9.18. The molecule has 0 atom stereocenters. The van der Waals surface area contributed by atoms with Gasteiger partial charge >= 0.3 is 0 Å². The molecule has 0 radical (unpaired) electrons. The van der Waals surface area contributed by atoms with E-state index in [0.717, 1.165) is 98.3 Å². The minimum atomic E-state index is 0.557. The van der Waals surface area contributed by atoms with E-state index in [-0.39, 0.29) is 0 Å². The number of methoxy groups -OCH3 is 1. The van der Waals surface area contributed by atoms with Crippen LogP contribution in [0.2, 0.25) is 0 Å². The molecule has 2 aliphatic rings. The van der Waals surface area contributed by atoms with Gasteiger partial charge in [0, 0.05) is 56.9 Å². The molecular weight excluding hydrogens is 528 g/mol. The van der Waals surface area contributed by atoms with Crippen LogP contribution in [0, 0.1) is 0 Å². The number of rotatable bonds is 11. The summed E-state index contributed by atoms with van der Waals surface area (Å²) in [4.78, 5) is 16.5. The number of hydrogen-bond acceptors (Lipinski definition) is 9. The summed E-state index contributed by atoms with van der Waals surface area (Å²) in [6, 6.07) is 16.3. The lowest BCUT2D eigenvalue weighted by molar-refractivity contribution is 0.158. The van der Waals surface area contributed by atoms with E-state index < -0.39 is 0 Å². The van der Waals surface area contributed by atoms with Crippen LogP contribution >= 0.6 is 0 Å². The lowest BCUT2D eigenvalue weighted by Gasteiger charge is -2.32. The highest BCUT2D eigenvalue weighted by atomic mass is 16.5. The minimum absolute atomic E-state index is 0.557. The van der Waals surface area contributed by atoms with Crippen LogP contribution < -0.4 is 14.8 Å². The summed E-state index contributed by atoms with van der Waals surface area (Å²) in [6.45, 7) is 10.0. The molecule has 1 N–H and O–H groups in total.